The number of hydrogen-bond donors (Lipinski definition) is 1. The molecule has 0 aromatic carbocycles. The summed E-state index contributed by atoms with van der Waals surface area (Å²) in [7, 11) is 0. The number of rotatable bonds is 6. The summed E-state index contributed by atoms with van der Waals surface area (Å²) in [5.74, 6) is -0.393. The molecule has 0 aliphatic carbocycles. The van der Waals surface area contributed by atoms with Crippen LogP contribution < -0.4 is 0 Å². The van der Waals surface area contributed by atoms with Gasteiger partial charge in [-0.1, -0.05) is 0 Å². The maximum atomic E-state index is 11.3. The maximum absolute atomic E-state index is 11.3. The van der Waals surface area contributed by atoms with Crippen LogP contribution in [0.3, 0.4) is 0 Å². The van der Waals surface area contributed by atoms with Crippen LogP contribution in [-0.4, -0.2) is 36.0 Å². The second-order valence-corrected chi connectivity index (χ2v) is 3.12. The van der Waals surface area contributed by atoms with E-state index in [-0.39, 0.29) is 0 Å². The second kappa shape index (κ2) is 6.19. The highest BCUT2D eigenvalue weighted by molar-refractivity contribution is 5.87. The van der Waals surface area contributed by atoms with Crippen molar-refractivity contribution >= 4 is 5.97 Å². The molecule has 1 heterocycles. The fourth-order valence-electron chi connectivity index (χ4n) is 1.07. The van der Waals surface area contributed by atoms with Crippen molar-refractivity contribution < 1.29 is 14.3 Å². The predicted molar refractivity (Wildman–Crippen MR) is 54.7 cm³/mol. The highest BCUT2D eigenvalue weighted by atomic mass is 16.5. The summed E-state index contributed by atoms with van der Waals surface area (Å²) in [5.41, 5.74) is 1.17. The molecule has 15 heavy (non-hydrogen) atoms. The van der Waals surface area contributed by atoms with Gasteiger partial charge in [0.25, 0.3) is 0 Å². The monoisotopic (exact) mass is 212 g/mol. The molecule has 84 valence electrons. The van der Waals surface area contributed by atoms with Gasteiger partial charge in [0.05, 0.1) is 6.61 Å². The summed E-state index contributed by atoms with van der Waals surface area (Å²) in [4.78, 5) is 11.3. The minimum absolute atomic E-state index is 0.323. The number of carbonyl (C=O) groups excluding carboxylic acids is 1. The van der Waals surface area contributed by atoms with Crippen molar-refractivity contribution in [1.82, 2.24) is 10.2 Å². The van der Waals surface area contributed by atoms with E-state index in [4.69, 9.17) is 9.47 Å². The van der Waals surface area contributed by atoms with Crippen LogP contribution in [0.25, 0.3) is 0 Å². The molecule has 5 nitrogen and oxygen atoms in total. The molecular formula is C10H16N2O3. The Morgan fingerprint density at radius 1 is 1.53 bits per heavy atom. The molecule has 0 fully saturated rings. The van der Waals surface area contributed by atoms with Crippen LogP contribution in [0, 0.1) is 6.92 Å². The lowest BCUT2D eigenvalue weighted by Gasteiger charge is -2.02. The summed E-state index contributed by atoms with van der Waals surface area (Å²) in [5, 5.41) is 6.48. The van der Waals surface area contributed by atoms with Gasteiger partial charge in [-0.2, -0.15) is 5.10 Å². The molecule has 0 amide bonds. The van der Waals surface area contributed by atoms with Gasteiger partial charge in [-0.15, -0.1) is 0 Å². The topological polar surface area (TPSA) is 64.2 Å². The number of aryl methyl sites for hydroxylation is 1. The molecule has 1 rings (SSSR count). The summed E-state index contributed by atoms with van der Waals surface area (Å²) >= 11 is 0. The van der Waals surface area contributed by atoms with Gasteiger partial charge >= 0.3 is 5.97 Å². The van der Waals surface area contributed by atoms with Gasteiger partial charge in [-0.05, 0) is 19.9 Å². The first-order valence-corrected chi connectivity index (χ1v) is 5.01. The first kappa shape index (κ1) is 11.7. The summed E-state index contributed by atoms with van der Waals surface area (Å²) in [6.45, 7) is 5.43. The second-order valence-electron chi connectivity index (χ2n) is 3.12. The van der Waals surface area contributed by atoms with Gasteiger partial charge in [0.15, 0.2) is 5.69 Å². The van der Waals surface area contributed by atoms with Gasteiger partial charge in [-0.25, -0.2) is 4.79 Å². The van der Waals surface area contributed by atoms with Crippen LogP contribution in [0.1, 0.15) is 29.5 Å². The van der Waals surface area contributed by atoms with Gasteiger partial charge in [0, 0.05) is 25.3 Å². The normalized spacial score (nSPS) is 10.3. The number of hydrogen-bond acceptors (Lipinski definition) is 4. The Morgan fingerprint density at radius 2 is 2.33 bits per heavy atom. The highest BCUT2D eigenvalue weighted by Gasteiger charge is 2.09. The molecule has 5 heteroatoms. The molecule has 0 bridgehead atoms. The zero-order chi connectivity index (χ0) is 11.1. The van der Waals surface area contributed by atoms with Gasteiger partial charge in [0.1, 0.15) is 0 Å². The molecule has 0 atom stereocenters. The van der Waals surface area contributed by atoms with Gasteiger partial charge < -0.3 is 9.47 Å². The molecule has 0 aliphatic heterocycles. The van der Waals surface area contributed by atoms with Crippen molar-refractivity contribution in [2.24, 2.45) is 0 Å². The van der Waals surface area contributed by atoms with Crippen molar-refractivity contribution in [3.63, 3.8) is 0 Å². The van der Waals surface area contributed by atoms with Crippen molar-refractivity contribution in [3.8, 4) is 0 Å². The Morgan fingerprint density at radius 3 is 2.93 bits per heavy atom. The van der Waals surface area contributed by atoms with Crippen LogP contribution in [0.4, 0.5) is 0 Å². The molecule has 0 unspecified atom stereocenters. The van der Waals surface area contributed by atoms with Gasteiger partial charge in [0.2, 0.25) is 0 Å². The van der Waals surface area contributed by atoms with E-state index in [1.54, 1.807) is 6.07 Å². The lowest BCUT2D eigenvalue weighted by atomic mass is 10.4. The summed E-state index contributed by atoms with van der Waals surface area (Å²) in [6, 6.07) is 1.66. The van der Waals surface area contributed by atoms with Crippen molar-refractivity contribution in [2.75, 3.05) is 19.8 Å². The lowest BCUT2D eigenvalue weighted by molar-refractivity contribution is 0.0445. The highest BCUT2D eigenvalue weighted by Crippen LogP contribution is 2.00. The third-order valence-electron chi connectivity index (χ3n) is 1.79. The molecular weight excluding hydrogens is 196 g/mol. The van der Waals surface area contributed by atoms with Crippen LogP contribution in [0.15, 0.2) is 6.07 Å². The zero-order valence-electron chi connectivity index (χ0n) is 9.08. The van der Waals surface area contributed by atoms with Crippen LogP contribution >= 0.6 is 0 Å². The number of aromatic amines is 1. The van der Waals surface area contributed by atoms with E-state index in [0.717, 1.165) is 5.69 Å². The summed E-state index contributed by atoms with van der Waals surface area (Å²) in [6.07, 6.45) is 0.711. The molecule has 0 spiro atoms. The number of esters is 1. The zero-order valence-corrected chi connectivity index (χ0v) is 9.08. The SMILES string of the molecule is CCOCCCOC(=O)c1cc(C)[nH]n1. The molecule has 1 aromatic heterocycles. The minimum Gasteiger partial charge on any atom is -0.461 e. The Bertz CT molecular complexity index is 309. The van der Waals surface area contributed by atoms with E-state index in [0.29, 0.717) is 31.9 Å². The van der Waals surface area contributed by atoms with Gasteiger partial charge in [-0.3, -0.25) is 5.10 Å². The fraction of sp³-hybridized carbons (Fsp3) is 0.600. The molecule has 0 saturated heterocycles. The Labute approximate surface area is 88.8 Å². The van der Waals surface area contributed by atoms with E-state index in [1.165, 1.54) is 0 Å². The number of nitrogens with zero attached hydrogens (tertiary/aromatic N) is 1. The Kier molecular flexibility index (Phi) is 4.83. The Balaban J connectivity index is 2.19. The predicted octanol–water partition coefficient (Wildman–Crippen LogP) is 1.30. The molecule has 0 aliphatic rings. The van der Waals surface area contributed by atoms with Crippen molar-refractivity contribution in [3.05, 3.63) is 17.5 Å². The minimum atomic E-state index is -0.393. The molecule has 0 saturated carbocycles. The van der Waals surface area contributed by atoms with E-state index in [9.17, 15) is 4.79 Å². The number of aromatic nitrogens is 2. The molecule has 1 aromatic rings. The number of ether oxygens (including phenoxy) is 2. The fourth-order valence-corrected chi connectivity index (χ4v) is 1.07. The van der Waals surface area contributed by atoms with E-state index < -0.39 is 5.97 Å². The first-order chi connectivity index (χ1) is 7.24. The van der Waals surface area contributed by atoms with E-state index in [1.807, 2.05) is 13.8 Å². The van der Waals surface area contributed by atoms with Crippen molar-refractivity contribution in [2.45, 2.75) is 20.3 Å². The average molecular weight is 212 g/mol. The molecule has 0 radical (unpaired) electrons. The lowest BCUT2D eigenvalue weighted by Crippen LogP contribution is -2.08. The maximum Gasteiger partial charge on any atom is 0.358 e. The van der Waals surface area contributed by atoms with Crippen LogP contribution in [0.2, 0.25) is 0 Å². The molecule has 1 N–H and O–H groups in total. The van der Waals surface area contributed by atoms with Crippen molar-refractivity contribution in [1.29, 1.82) is 0 Å². The average Bonchev–Trinajstić information content (AvgIpc) is 2.64. The van der Waals surface area contributed by atoms with E-state index in [2.05, 4.69) is 10.2 Å². The third kappa shape index (κ3) is 4.12. The standard InChI is InChI=1S/C10H16N2O3/c1-3-14-5-4-6-15-10(13)9-7-8(2)11-12-9/h7H,3-6H2,1-2H3,(H,11,12). The number of carbonyl (C=O) groups is 1. The van der Waals surface area contributed by atoms with Crippen LogP contribution in [-0.2, 0) is 9.47 Å². The number of nitrogens with one attached hydrogen (secondary N) is 1. The third-order valence-corrected chi connectivity index (χ3v) is 1.79. The quantitative estimate of drug-likeness (QED) is 0.570. The number of H-pyrrole nitrogens is 1. The van der Waals surface area contributed by atoms with E-state index >= 15 is 0 Å². The van der Waals surface area contributed by atoms with Crippen LogP contribution in [0.5, 0.6) is 0 Å². The summed E-state index contributed by atoms with van der Waals surface area (Å²) < 4.78 is 10.1. The first-order valence-electron chi connectivity index (χ1n) is 5.01. The largest absolute Gasteiger partial charge is 0.461 e. The smallest absolute Gasteiger partial charge is 0.358 e. The Hall–Kier alpha value is -1.36.